The van der Waals surface area contributed by atoms with Crippen molar-refractivity contribution < 1.29 is 28.8 Å². The number of ketones is 1. The van der Waals surface area contributed by atoms with Gasteiger partial charge in [0.05, 0.1) is 19.3 Å². The molecule has 3 amide bonds. The van der Waals surface area contributed by atoms with E-state index in [0.717, 1.165) is 5.56 Å². The molecule has 0 aliphatic carbocycles. The highest BCUT2D eigenvalue weighted by molar-refractivity contribution is 5.94. The maximum absolute atomic E-state index is 12.1. The lowest BCUT2D eigenvalue weighted by atomic mass is 10.1. The number of carbonyl (C=O) groups excluding carboxylic acids is 4. The summed E-state index contributed by atoms with van der Waals surface area (Å²) in [6.07, 6.45) is 2.15. The zero-order valence-electron chi connectivity index (χ0n) is 18.5. The van der Waals surface area contributed by atoms with Crippen molar-refractivity contribution in [3.63, 3.8) is 0 Å². The molecule has 1 aromatic carbocycles. The second-order valence-electron chi connectivity index (χ2n) is 7.13. The van der Waals surface area contributed by atoms with E-state index >= 15 is 0 Å². The second kappa shape index (κ2) is 15.1. The fourth-order valence-electron chi connectivity index (χ4n) is 2.56. The van der Waals surface area contributed by atoms with Gasteiger partial charge < -0.3 is 15.4 Å². The third-order valence-corrected chi connectivity index (χ3v) is 4.41. The average Bonchev–Trinajstić information content (AvgIpc) is 2.74. The first-order chi connectivity index (χ1) is 14.8. The quantitative estimate of drug-likeness (QED) is 0.283. The van der Waals surface area contributed by atoms with Gasteiger partial charge in [0.2, 0.25) is 11.8 Å². The zero-order chi connectivity index (χ0) is 23.1. The van der Waals surface area contributed by atoms with Gasteiger partial charge in [-0.3, -0.25) is 24.0 Å². The molecule has 0 aromatic heterocycles. The Balaban J connectivity index is 2.18. The minimum absolute atomic E-state index is 0.115. The van der Waals surface area contributed by atoms with E-state index in [2.05, 4.69) is 16.1 Å². The van der Waals surface area contributed by atoms with E-state index in [4.69, 9.17) is 9.57 Å². The van der Waals surface area contributed by atoms with Gasteiger partial charge >= 0.3 is 0 Å². The van der Waals surface area contributed by atoms with Gasteiger partial charge in [-0.1, -0.05) is 24.6 Å². The summed E-state index contributed by atoms with van der Waals surface area (Å²) < 4.78 is 5.16. The molecular formula is C22H33N3O6. The predicted octanol–water partition coefficient (Wildman–Crippen LogP) is 1.44. The topological polar surface area (TPSA) is 123 Å². The van der Waals surface area contributed by atoms with Crippen LogP contribution in [-0.4, -0.2) is 55.9 Å². The first kappa shape index (κ1) is 26.3. The molecule has 9 heteroatoms. The molecule has 1 atom stereocenters. The molecule has 0 radical (unpaired) electrons. The van der Waals surface area contributed by atoms with E-state index in [1.54, 1.807) is 19.1 Å². The van der Waals surface area contributed by atoms with Gasteiger partial charge in [-0.05, 0) is 45.2 Å². The summed E-state index contributed by atoms with van der Waals surface area (Å²) in [5, 5.41) is 5.50. The van der Waals surface area contributed by atoms with Crippen LogP contribution in [-0.2, 0) is 24.0 Å². The van der Waals surface area contributed by atoms with E-state index < -0.39 is 11.9 Å². The molecule has 3 N–H and O–H groups in total. The van der Waals surface area contributed by atoms with Crippen molar-refractivity contribution in [1.82, 2.24) is 16.1 Å². The maximum atomic E-state index is 12.1. The molecule has 31 heavy (non-hydrogen) atoms. The summed E-state index contributed by atoms with van der Waals surface area (Å²) in [6.45, 7) is 5.61. The summed E-state index contributed by atoms with van der Waals surface area (Å²) >= 11 is 0. The Morgan fingerprint density at radius 2 is 1.71 bits per heavy atom. The first-order valence-electron chi connectivity index (χ1n) is 10.5. The minimum atomic E-state index is -0.594. The van der Waals surface area contributed by atoms with Crippen LogP contribution in [0.4, 0.5) is 0 Å². The van der Waals surface area contributed by atoms with Crippen molar-refractivity contribution in [2.75, 3.05) is 26.4 Å². The number of nitrogens with one attached hydrogen (secondary N) is 3. The van der Waals surface area contributed by atoms with E-state index in [-0.39, 0.29) is 37.4 Å². The van der Waals surface area contributed by atoms with Crippen LogP contribution >= 0.6 is 0 Å². The Bertz CT molecular complexity index is 720. The molecule has 0 aliphatic heterocycles. The molecule has 1 rings (SSSR count). The lowest BCUT2D eigenvalue weighted by Crippen LogP contribution is -2.41. The summed E-state index contributed by atoms with van der Waals surface area (Å²) in [5.41, 5.74) is 3.93. The van der Waals surface area contributed by atoms with Gasteiger partial charge in [-0.2, -0.15) is 0 Å². The number of hydroxylamine groups is 1. The molecule has 0 aliphatic rings. The summed E-state index contributed by atoms with van der Waals surface area (Å²) in [6, 6.07) is 6.73. The van der Waals surface area contributed by atoms with Crippen LogP contribution in [0.5, 0.6) is 0 Å². The number of rotatable bonds is 15. The highest BCUT2D eigenvalue weighted by Crippen LogP contribution is 2.05. The number of unbranched alkanes of at least 4 members (excludes halogenated alkanes) is 1. The Morgan fingerprint density at radius 3 is 2.35 bits per heavy atom. The van der Waals surface area contributed by atoms with Crippen LogP contribution in [0.3, 0.4) is 0 Å². The summed E-state index contributed by atoms with van der Waals surface area (Å²) in [5.74, 6) is -0.906. The molecule has 0 saturated carbocycles. The molecule has 9 nitrogen and oxygen atoms in total. The van der Waals surface area contributed by atoms with Crippen molar-refractivity contribution in [3.8, 4) is 0 Å². The van der Waals surface area contributed by atoms with Crippen molar-refractivity contribution in [3.05, 3.63) is 35.4 Å². The molecule has 0 unspecified atom stereocenters. The van der Waals surface area contributed by atoms with Crippen molar-refractivity contribution >= 4 is 23.5 Å². The van der Waals surface area contributed by atoms with Gasteiger partial charge in [0, 0.05) is 18.5 Å². The van der Waals surface area contributed by atoms with E-state index in [1.807, 2.05) is 19.1 Å². The summed E-state index contributed by atoms with van der Waals surface area (Å²) in [4.78, 5) is 51.6. The lowest BCUT2D eigenvalue weighted by Gasteiger charge is -2.16. The third kappa shape index (κ3) is 11.9. The SMILES string of the molecule is CCC(=O)NOCCOCC(=O)N[C@@H](CCCCNC(=O)c1ccc(C)cc1)C(C)=O. The molecule has 0 saturated heterocycles. The van der Waals surface area contributed by atoms with Gasteiger partial charge in [0.15, 0.2) is 5.78 Å². The normalized spacial score (nSPS) is 11.5. The number of aryl methyl sites for hydroxylation is 1. The smallest absolute Gasteiger partial charge is 0.251 e. The van der Waals surface area contributed by atoms with Crippen molar-refractivity contribution in [2.45, 2.75) is 52.5 Å². The number of hydrogen-bond donors (Lipinski definition) is 3. The Kier molecular flexibility index (Phi) is 12.8. The molecular weight excluding hydrogens is 402 g/mol. The fraction of sp³-hybridized carbons (Fsp3) is 0.545. The third-order valence-electron chi connectivity index (χ3n) is 4.41. The standard InChI is InChI=1S/C22H33N3O6/c1-4-20(27)25-31-14-13-30-15-21(28)24-19(17(3)26)7-5-6-12-23-22(29)18-10-8-16(2)9-11-18/h8-11,19H,4-7,12-15H2,1-3H3,(H,23,29)(H,24,28)(H,25,27)/t19-/m0/s1. The Hall–Kier alpha value is -2.78. The number of benzene rings is 1. The maximum Gasteiger partial charge on any atom is 0.251 e. The number of carbonyl (C=O) groups is 4. The Labute approximate surface area is 183 Å². The first-order valence-corrected chi connectivity index (χ1v) is 10.5. The van der Waals surface area contributed by atoms with Crippen LogP contribution in [0.1, 0.15) is 55.5 Å². The predicted molar refractivity (Wildman–Crippen MR) is 115 cm³/mol. The average molecular weight is 436 g/mol. The second-order valence-corrected chi connectivity index (χ2v) is 7.13. The van der Waals surface area contributed by atoms with Gasteiger partial charge in [-0.15, -0.1) is 0 Å². The van der Waals surface area contributed by atoms with Crippen LogP contribution in [0.2, 0.25) is 0 Å². The van der Waals surface area contributed by atoms with Gasteiger partial charge in [0.1, 0.15) is 6.61 Å². The van der Waals surface area contributed by atoms with E-state index in [9.17, 15) is 19.2 Å². The largest absolute Gasteiger partial charge is 0.369 e. The van der Waals surface area contributed by atoms with Gasteiger partial charge in [0.25, 0.3) is 5.91 Å². The number of Topliss-reactive ketones (excluding diaryl/α,β-unsaturated/α-hetero) is 1. The molecule has 0 spiro atoms. The van der Waals surface area contributed by atoms with Crippen molar-refractivity contribution in [2.24, 2.45) is 0 Å². The molecule has 0 fully saturated rings. The highest BCUT2D eigenvalue weighted by Gasteiger charge is 2.16. The van der Waals surface area contributed by atoms with Crippen LogP contribution in [0.15, 0.2) is 24.3 Å². The fourth-order valence-corrected chi connectivity index (χ4v) is 2.56. The van der Waals surface area contributed by atoms with Crippen LogP contribution in [0, 0.1) is 6.92 Å². The number of ether oxygens (including phenoxy) is 1. The lowest BCUT2D eigenvalue weighted by molar-refractivity contribution is -0.136. The molecule has 0 bridgehead atoms. The molecule has 172 valence electrons. The monoisotopic (exact) mass is 435 g/mol. The van der Waals surface area contributed by atoms with E-state index in [0.29, 0.717) is 37.8 Å². The van der Waals surface area contributed by atoms with Gasteiger partial charge in [-0.25, -0.2) is 5.48 Å². The highest BCUT2D eigenvalue weighted by atomic mass is 16.7. The zero-order valence-corrected chi connectivity index (χ0v) is 18.5. The van der Waals surface area contributed by atoms with Crippen molar-refractivity contribution in [1.29, 1.82) is 0 Å². The molecule has 1 aromatic rings. The Morgan fingerprint density at radius 1 is 1.00 bits per heavy atom. The number of hydrogen-bond acceptors (Lipinski definition) is 6. The van der Waals surface area contributed by atoms with Crippen LogP contribution < -0.4 is 16.1 Å². The summed E-state index contributed by atoms with van der Waals surface area (Å²) in [7, 11) is 0. The molecule has 0 heterocycles. The number of amides is 3. The van der Waals surface area contributed by atoms with Crippen LogP contribution in [0.25, 0.3) is 0 Å². The van der Waals surface area contributed by atoms with E-state index in [1.165, 1.54) is 6.92 Å². The minimum Gasteiger partial charge on any atom is -0.369 e.